The largest absolute Gasteiger partial charge is 0.369 e. The molecule has 1 rings (SSSR count). The second-order valence-corrected chi connectivity index (χ2v) is 8.61. The highest BCUT2D eigenvalue weighted by Gasteiger charge is 2.42. The smallest absolute Gasteiger partial charge is 0.224 e. The minimum Gasteiger partial charge on any atom is -0.369 e. The molecule has 2 amide bonds. The standard InChI is InChI=1S/C17H32N2O2/c1-16(2,3)13(15(21)19-17(4,5)6)12(14(18)20)10-9-11-7-8-11/h11-13H,7-10H2,1-6H3,(H2,18,20)(H,19,21)/t12-,13?/m0/s1. The minimum atomic E-state index is -0.382. The van der Waals surface area contributed by atoms with E-state index in [1.54, 1.807) is 0 Å². The maximum absolute atomic E-state index is 12.7. The lowest BCUT2D eigenvalue weighted by Crippen LogP contribution is -2.51. The van der Waals surface area contributed by atoms with Crippen molar-refractivity contribution in [3.8, 4) is 0 Å². The van der Waals surface area contributed by atoms with Crippen LogP contribution in [0.25, 0.3) is 0 Å². The lowest BCUT2D eigenvalue weighted by atomic mass is 9.70. The van der Waals surface area contributed by atoms with Gasteiger partial charge in [0.2, 0.25) is 11.8 Å². The summed E-state index contributed by atoms with van der Waals surface area (Å²) in [7, 11) is 0. The zero-order valence-electron chi connectivity index (χ0n) is 14.5. The molecular weight excluding hydrogens is 264 g/mol. The Labute approximate surface area is 129 Å². The van der Waals surface area contributed by atoms with Crippen LogP contribution in [0.15, 0.2) is 0 Å². The first-order valence-electron chi connectivity index (χ1n) is 8.03. The molecule has 1 unspecified atom stereocenters. The number of rotatable bonds is 6. The molecular formula is C17H32N2O2. The third kappa shape index (κ3) is 6.06. The molecule has 0 heterocycles. The number of nitrogens with one attached hydrogen (secondary N) is 1. The monoisotopic (exact) mass is 296 g/mol. The third-order valence-corrected chi connectivity index (χ3v) is 4.06. The Morgan fingerprint density at radius 3 is 2.00 bits per heavy atom. The Hall–Kier alpha value is -1.06. The van der Waals surface area contributed by atoms with Gasteiger partial charge in [0.05, 0.1) is 5.92 Å². The zero-order chi connectivity index (χ0) is 16.4. The van der Waals surface area contributed by atoms with Gasteiger partial charge >= 0.3 is 0 Å². The van der Waals surface area contributed by atoms with Gasteiger partial charge in [-0.1, -0.05) is 33.6 Å². The van der Waals surface area contributed by atoms with E-state index >= 15 is 0 Å². The second kappa shape index (κ2) is 6.37. The summed E-state index contributed by atoms with van der Waals surface area (Å²) in [6.07, 6.45) is 4.22. The normalized spacial score (nSPS) is 19.0. The van der Waals surface area contributed by atoms with Crippen molar-refractivity contribution in [2.24, 2.45) is 28.9 Å². The fraction of sp³-hybridized carbons (Fsp3) is 0.882. The van der Waals surface area contributed by atoms with Crippen LogP contribution in [-0.4, -0.2) is 17.4 Å². The van der Waals surface area contributed by atoms with E-state index in [0.717, 1.165) is 18.8 Å². The van der Waals surface area contributed by atoms with Crippen LogP contribution in [0.1, 0.15) is 67.2 Å². The topological polar surface area (TPSA) is 72.2 Å². The Bertz CT molecular complexity index is 387. The number of hydrogen-bond acceptors (Lipinski definition) is 2. The van der Waals surface area contributed by atoms with Crippen LogP contribution < -0.4 is 11.1 Å². The predicted molar refractivity (Wildman–Crippen MR) is 85.5 cm³/mol. The fourth-order valence-electron chi connectivity index (χ4n) is 2.92. The first kappa shape index (κ1) is 18.0. The van der Waals surface area contributed by atoms with Gasteiger partial charge in [0.1, 0.15) is 0 Å². The van der Waals surface area contributed by atoms with Crippen molar-refractivity contribution in [3.05, 3.63) is 0 Å². The molecule has 0 saturated heterocycles. The molecule has 0 aliphatic heterocycles. The molecule has 0 aromatic carbocycles. The van der Waals surface area contributed by atoms with Crippen molar-refractivity contribution >= 4 is 11.8 Å². The van der Waals surface area contributed by atoms with Crippen LogP contribution in [0.4, 0.5) is 0 Å². The molecule has 1 aliphatic carbocycles. The number of carbonyl (C=O) groups is 2. The predicted octanol–water partition coefficient (Wildman–Crippen LogP) is 2.86. The van der Waals surface area contributed by atoms with Crippen molar-refractivity contribution in [1.29, 1.82) is 0 Å². The van der Waals surface area contributed by atoms with Crippen molar-refractivity contribution in [3.63, 3.8) is 0 Å². The molecule has 0 aromatic rings. The average Bonchev–Trinajstić information content (AvgIpc) is 3.02. The maximum Gasteiger partial charge on any atom is 0.224 e. The van der Waals surface area contributed by atoms with Gasteiger partial charge in [0.15, 0.2) is 0 Å². The first-order chi connectivity index (χ1) is 9.42. The summed E-state index contributed by atoms with van der Waals surface area (Å²) >= 11 is 0. The SMILES string of the molecule is CC(C)(C)NC(=O)C([C@H](CCC1CC1)C(N)=O)C(C)(C)C. The van der Waals surface area contributed by atoms with E-state index in [0.29, 0.717) is 0 Å². The number of primary amides is 1. The maximum atomic E-state index is 12.7. The van der Waals surface area contributed by atoms with E-state index in [1.807, 2.05) is 41.5 Å². The number of hydrogen-bond donors (Lipinski definition) is 2. The van der Waals surface area contributed by atoms with Crippen molar-refractivity contribution in [2.45, 2.75) is 72.8 Å². The fourth-order valence-corrected chi connectivity index (χ4v) is 2.92. The van der Waals surface area contributed by atoms with Gasteiger partial charge in [-0.25, -0.2) is 0 Å². The molecule has 21 heavy (non-hydrogen) atoms. The van der Waals surface area contributed by atoms with E-state index in [9.17, 15) is 9.59 Å². The van der Waals surface area contributed by atoms with Gasteiger partial charge in [0.25, 0.3) is 0 Å². The third-order valence-electron chi connectivity index (χ3n) is 4.06. The summed E-state index contributed by atoms with van der Waals surface area (Å²) in [4.78, 5) is 24.6. The summed E-state index contributed by atoms with van der Waals surface area (Å²) in [6.45, 7) is 11.9. The summed E-state index contributed by atoms with van der Waals surface area (Å²) in [6, 6.07) is 0. The summed E-state index contributed by atoms with van der Waals surface area (Å²) in [5, 5.41) is 3.02. The number of carbonyl (C=O) groups excluding carboxylic acids is 2. The minimum absolute atomic E-state index is 0.0606. The Morgan fingerprint density at radius 1 is 1.14 bits per heavy atom. The summed E-state index contributed by atoms with van der Waals surface area (Å²) in [5.41, 5.74) is 5.02. The van der Waals surface area contributed by atoms with Crippen molar-refractivity contribution in [1.82, 2.24) is 5.32 Å². The van der Waals surface area contributed by atoms with Gasteiger partial charge in [-0.15, -0.1) is 0 Å². The molecule has 122 valence electrons. The number of amides is 2. The molecule has 4 nitrogen and oxygen atoms in total. The van der Waals surface area contributed by atoms with Gasteiger partial charge in [-0.2, -0.15) is 0 Å². The van der Waals surface area contributed by atoms with Crippen molar-refractivity contribution < 1.29 is 9.59 Å². The van der Waals surface area contributed by atoms with E-state index in [2.05, 4.69) is 5.32 Å². The highest BCUT2D eigenvalue weighted by molar-refractivity contribution is 5.87. The second-order valence-electron chi connectivity index (χ2n) is 8.61. The molecule has 0 bridgehead atoms. The van der Waals surface area contributed by atoms with Crippen LogP contribution in [0.3, 0.4) is 0 Å². The van der Waals surface area contributed by atoms with Gasteiger partial charge in [-0.3, -0.25) is 9.59 Å². The number of nitrogens with two attached hydrogens (primary N) is 1. The van der Waals surface area contributed by atoms with E-state index in [1.165, 1.54) is 12.8 Å². The quantitative estimate of drug-likeness (QED) is 0.791. The van der Waals surface area contributed by atoms with E-state index in [4.69, 9.17) is 5.73 Å². The molecule has 4 heteroatoms. The van der Waals surface area contributed by atoms with Gasteiger partial charge in [-0.05, 0) is 44.9 Å². The Kier molecular flexibility index (Phi) is 5.46. The molecule has 1 saturated carbocycles. The molecule has 0 radical (unpaired) electrons. The molecule has 0 aromatic heterocycles. The zero-order valence-corrected chi connectivity index (χ0v) is 14.5. The van der Waals surface area contributed by atoms with Crippen LogP contribution >= 0.6 is 0 Å². The van der Waals surface area contributed by atoms with Gasteiger partial charge < -0.3 is 11.1 Å². The average molecular weight is 296 g/mol. The molecule has 1 fully saturated rings. The molecule has 1 aliphatic rings. The van der Waals surface area contributed by atoms with Crippen LogP contribution in [0, 0.1) is 23.2 Å². The van der Waals surface area contributed by atoms with Crippen molar-refractivity contribution in [2.75, 3.05) is 0 Å². The molecule has 0 spiro atoms. The lowest BCUT2D eigenvalue weighted by Gasteiger charge is -2.36. The molecule has 3 N–H and O–H groups in total. The highest BCUT2D eigenvalue weighted by Crippen LogP contribution is 2.39. The van der Waals surface area contributed by atoms with Crippen LogP contribution in [0.5, 0.6) is 0 Å². The lowest BCUT2D eigenvalue weighted by molar-refractivity contribution is -0.139. The van der Waals surface area contributed by atoms with E-state index < -0.39 is 0 Å². The summed E-state index contributed by atoms with van der Waals surface area (Å²) < 4.78 is 0. The van der Waals surface area contributed by atoms with Gasteiger partial charge in [0, 0.05) is 11.5 Å². The van der Waals surface area contributed by atoms with E-state index in [-0.39, 0.29) is 34.6 Å². The Balaban J connectivity index is 2.90. The van der Waals surface area contributed by atoms with Crippen LogP contribution in [-0.2, 0) is 9.59 Å². The first-order valence-corrected chi connectivity index (χ1v) is 8.03. The molecule has 2 atom stereocenters. The highest BCUT2D eigenvalue weighted by atomic mass is 16.2. The summed E-state index contributed by atoms with van der Waals surface area (Å²) in [5.74, 6) is -0.437. The van der Waals surface area contributed by atoms with Crippen LogP contribution in [0.2, 0.25) is 0 Å². The Morgan fingerprint density at radius 2 is 1.67 bits per heavy atom.